The van der Waals surface area contributed by atoms with Crippen LogP contribution in [0.1, 0.15) is 25.7 Å². The number of nitrogens with zero attached hydrogens (tertiary/aromatic N) is 1. The van der Waals surface area contributed by atoms with Gasteiger partial charge in [-0.2, -0.15) is 0 Å². The Morgan fingerprint density at radius 1 is 1.09 bits per heavy atom. The van der Waals surface area contributed by atoms with Gasteiger partial charge in [0.05, 0.1) is 6.10 Å². The average Bonchev–Trinajstić information content (AvgIpc) is 1.88. The molecule has 1 rings (SSSR count). The predicted octanol–water partition coefficient (Wildman–Crippen LogP) is 1.27. The first-order chi connectivity index (χ1) is 4.70. The summed E-state index contributed by atoms with van der Waals surface area (Å²) in [5.41, 5.74) is 0. The topological polar surface area (TPSA) is 23.5 Å². The summed E-state index contributed by atoms with van der Waals surface area (Å²) >= 11 is 0. The van der Waals surface area contributed by atoms with Gasteiger partial charge < -0.3 is 10.0 Å². The summed E-state index contributed by atoms with van der Waals surface area (Å²) < 4.78 is 0. The van der Waals surface area contributed by atoms with E-state index in [0.29, 0.717) is 6.04 Å². The van der Waals surface area contributed by atoms with Crippen molar-refractivity contribution in [3.63, 3.8) is 0 Å². The van der Waals surface area contributed by atoms with E-state index in [1.165, 1.54) is 0 Å². The molecule has 0 radical (unpaired) electrons. The molecule has 11 heavy (non-hydrogen) atoms. The molecule has 0 unspecified atom stereocenters. The van der Waals surface area contributed by atoms with Crippen LogP contribution in [0.3, 0.4) is 0 Å². The summed E-state index contributed by atoms with van der Waals surface area (Å²) in [7, 11) is 4.23. The number of hydrogen-bond donors (Lipinski definition) is 1. The van der Waals surface area contributed by atoms with Crippen LogP contribution < -0.4 is 0 Å². The molecule has 0 aromatic carbocycles. The molecule has 3 heteroatoms. The Labute approximate surface area is 75.0 Å². The molecule has 0 heterocycles. The van der Waals surface area contributed by atoms with Crippen LogP contribution in [-0.2, 0) is 0 Å². The summed E-state index contributed by atoms with van der Waals surface area (Å²) in [6.07, 6.45) is 4.28. The first-order valence-corrected chi connectivity index (χ1v) is 4.04. The first kappa shape index (κ1) is 11.2. The van der Waals surface area contributed by atoms with Gasteiger partial charge in [-0.15, -0.1) is 12.4 Å². The number of rotatable bonds is 1. The van der Waals surface area contributed by atoms with Crippen LogP contribution in [-0.4, -0.2) is 36.2 Å². The van der Waals surface area contributed by atoms with Gasteiger partial charge in [-0.25, -0.2) is 0 Å². The third-order valence-electron chi connectivity index (χ3n) is 2.40. The van der Waals surface area contributed by atoms with Gasteiger partial charge in [0, 0.05) is 6.04 Å². The smallest absolute Gasteiger partial charge is 0.0541 e. The van der Waals surface area contributed by atoms with Crippen LogP contribution in [0.2, 0.25) is 0 Å². The third kappa shape index (κ3) is 3.41. The molecule has 0 spiro atoms. The summed E-state index contributed by atoms with van der Waals surface area (Å²) in [6.45, 7) is 0. The molecule has 2 nitrogen and oxygen atoms in total. The summed E-state index contributed by atoms with van der Waals surface area (Å²) in [4.78, 5) is 2.26. The van der Waals surface area contributed by atoms with Gasteiger partial charge in [-0.05, 0) is 39.8 Å². The molecule has 0 aromatic rings. The first-order valence-electron chi connectivity index (χ1n) is 4.04. The Hall–Kier alpha value is 0.210. The fourth-order valence-electron chi connectivity index (χ4n) is 1.57. The molecule has 1 aliphatic carbocycles. The molecular formula is C8H18ClNO. The average molecular weight is 180 g/mol. The maximum atomic E-state index is 9.19. The molecule has 0 aromatic heterocycles. The van der Waals surface area contributed by atoms with E-state index in [1.807, 2.05) is 0 Å². The minimum Gasteiger partial charge on any atom is -0.393 e. The molecule has 0 aliphatic heterocycles. The molecule has 1 N–H and O–H groups in total. The minimum absolute atomic E-state index is 0. The normalized spacial score (nSPS) is 31.6. The highest BCUT2D eigenvalue weighted by Gasteiger charge is 2.19. The lowest BCUT2D eigenvalue weighted by atomic mass is 9.93. The van der Waals surface area contributed by atoms with Crippen LogP contribution in [0, 0.1) is 0 Å². The van der Waals surface area contributed by atoms with Crippen molar-refractivity contribution in [2.75, 3.05) is 14.1 Å². The van der Waals surface area contributed by atoms with Crippen molar-refractivity contribution in [1.29, 1.82) is 0 Å². The van der Waals surface area contributed by atoms with Gasteiger partial charge in [0.15, 0.2) is 0 Å². The van der Waals surface area contributed by atoms with Gasteiger partial charge in [0.25, 0.3) is 0 Å². The Morgan fingerprint density at radius 2 is 1.55 bits per heavy atom. The van der Waals surface area contributed by atoms with E-state index >= 15 is 0 Å². The molecule has 0 saturated heterocycles. The van der Waals surface area contributed by atoms with Gasteiger partial charge in [0.1, 0.15) is 0 Å². The monoisotopic (exact) mass is 179 g/mol. The lowest BCUT2D eigenvalue weighted by Crippen LogP contribution is -2.33. The van der Waals surface area contributed by atoms with Crippen LogP contribution in [0.15, 0.2) is 0 Å². The van der Waals surface area contributed by atoms with Gasteiger partial charge in [-0.1, -0.05) is 0 Å². The molecule has 0 atom stereocenters. The van der Waals surface area contributed by atoms with Crippen molar-refractivity contribution in [3.05, 3.63) is 0 Å². The molecule has 1 aliphatic rings. The molecule has 1 saturated carbocycles. The quantitative estimate of drug-likeness (QED) is 0.656. The predicted molar refractivity (Wildman–Crippen MR) is 49.2 cm³/mol. The van der Waals surface area contributed by atoms with Crippen molar-refractivity contribution in [1.82, 2.24) is 4.90 Å². The highest BCUT2D eigenvalue weighted by molar-refractivity contribution is 5.85. The zero-order valence-electron chi connectivity index (χ0n) is 7.29. The van der Waals surface area contributed by atoms with E-state index in [4.69, 9.17) is 0 Å². The molecule has 0 bridgehead atoms. The molecular weight excluding hydrogens is 162 g/mol. The zero-order chi connectivity index (χ0) is 7.56. The highest BCUT2D eigenvalue weighted by atomic mass is 35.5. The Balaban J connectivity index is 0.000001000. The van der Waals surface area contributed by atoms with E-state index in [2.05, 4.69) is 19.0 Å². The standard InChI is InChI=1S/C8H17NO.ClH/c1-9(2)7-3-5-8(10)6-4-7;/h7-8,10H,3-6H2,1-2H3;1H. The largest absolute Gasteiger partial charge is 0.393 e. The Bertz CT molecular complexity index is 100. The van der Waals surface area contributed by atoms with Gasteiger partial charge in [-0.3, -0.25) is 0 Å². The SMILES string of the molecule is CN(C)C1CCC(O)CC1.Cl. The Kier molecular flexibility index (Phi) is 5.06. The minimum atomic E-state index is -0.0174. The van der Waals surface area contributed by atoms with Crippen LogP contribution in [0.4, 0.5) is 0 Å². The van der Waals surface area contributed by atoms with E-state index in [1.54, 1.807) is 0 Å². The maximum Gasteiger partial charge on any atom is 0.0541 e. The van der Waals surface area contributed by atoms with Gasteiger partial charge in [0.2, 0.25) is 0 Å². The van der Waals surface area contributed by atoms with Crippen molar-refractivity contribution in [2.24, 2.45) is 0 Å². The van der Waals surface area contributed by atoms with Crippen LogP contribution in [0.25, 0.3) is 0 Å². The summed E-state index contributed by atoms with van der Waals surface area (Å²) in [5.74, 6) is 0. The highest BCUT2D eigenvalue weighted by Crippen LogP contribution is 2.20. The zero-order valence-corrected chi connectivity index (χ0v) is 8.10. The second kappa shape index (κ2) is 4.96. The molecule has 0 amide bonds. The molecule has 68 valence electrons. The van der Waals surface area contributed by atoms with E-state index in [9.17, 15) is 5.11 Å². The van der Waals surface area contributed by atoms with E-state index in [0.717, 1.165) is 25.7 Å². The fourth-order valence-corrected chi connectivity index (χ4v) is 1.57. The number of aliphatic hydroxyl groups excluding tert-OH is 1. The lowest BCUT2D eigenvalue weighted by molar-refractivity contribution is 0.0926. The summed E-state index contributed by atoms with van der Waals surface area (Å²) in [6, 6.07) is 0.711. The third-order valence-corrected chi connectivity index (χ3v) is 2.40. The van der Waals surface area contributed by atoms with Crippen molar-refractivity contribution < 1.29 is 5.11 Å². The number of aliphatic hydroxyl groups is 1. The van der Waals surface area contributed by atoms with Crippen LogP contribution in [0.5, 0.6) is 0 Å². The Morgan fingerprint density at radius 3 is 1.91 bits per heavy atom. The van der Waals surface area contributed by atoms with Gasteiger partial charge >= 0.3 is 0 Å². The number of halogens is 1. The number of hydrogen-bond acceptors (Lipinski definition) is 2. The fraction of sp³-hybridized carbons (Fsp3) is 1.00. The van der Waals surface area contributed by atoms with Crippen molar-refractivity contribution in [2.45, 2.75) is 37.8 Å². The van der Waals surface area contributed by atoms with E-state index < -0.39 is 0 Å². The van der Waals surface area contributed by atoms with Crippen LogP contribution >= 0.6 is 12.4 Å². The lowest BCUT2D eigenvalue weighted by Gasteiger charge is -2.30. The second-order valence-electron chi connectivity index (χ2n) is 3.43. The van der Waals surface area contributed by atoms with Crippen molar-refractivity contribution in [3.8, 4) is 0 Å². The van der Waals surface area contributed by atoms with Crippen molar-refractivity contribution >= 4 is 12.4 Å². The van der Waals surface area contributed by atoms with E-state index in [-0.39, 0.29) is 18.5 Å². The second-order valence-corrected chi connectivity index (χ2v) is 3.43. The summed E-state index contributed by atoms with van der Waals surface area (Å²) in [5, 5.41) is 9.19. The molecule has 1 fully saturated rings. The maximum absolute atomic E-state index is 9.19.